The second kappa shape index (κ2) is 7.62. The van der Waals surface area contributed by atoms with Crippen LogP contribution in [0.4, 0.5) is 5.82 Å². The zero-order valence-electron chi connectivity index (χ0n) is 12.9. The highest BCUT2D eigenvalue weighted by Crippen LogP contribution is 2.27. The fourth-order valence-corrected chi connectivity index (χ4v) is 2.77. The quantitative estimate of drug-likeness (QED) is 0.709. The van der Waals surface area contributed by atoms with Crippen molar-refractivity contribution in [2.24, 2.45) is 5.92 Å². The van der Waals surface area contributed by atoms with Crippen molar-refractivity contribution in [2.75, 3.05) is 12.4 Å². The Morgan fingerprint density at radius 1 is 1.32 bits per heavy atom. The molecule has 0 aliphatic rings. The van der Waals surface area contributed by atoms with Crippen molar-refractivity contribution >= 4 is 28.4 Å². The number of ether oxygens (including phenoxy) is 1. The highest BCUT2D eigenvalue weighted by molar-refractivity contribution is 14.1. The van der Waals surface area contributed by atoms with Gasteiger partial charge < -0.3 is 15.2 Å². The third kappa shape index (κ3) is 4.22. The van der Waals surface area contributed by atoms with Crippen LogP contribution in [0.25, 0.3) is 0 Å². The average molecular weight is 413 g/mol. The molecule has 0 saturated carbocycles. The number of hydrogen-bond acceptors (Lipinski definition) is 5. The number of nitrogens with zero attached hydrogens (tertiary/aromatic N) is 2. The molecule has 0 saturated heterocycles. The molecule has 0 atom stereocenters. The first-order valence-corrected chi connectivity index (χ1v) is 8.18. The predicted octanol–water partition coefficient (Wildman–Crippen LogP) is 3.61. The number of aromatic nitrogens is 2. The lowest BCUT2D eigenvalue weighted by molar-refractivity contribution is 0.373. The van der Waals surface area contributed by atoms with E-state index in [2.05, 4.69) is 51.7 Å². The molecule has 0 unspecified atom stereocenters. The number of phenols is 1. The van der Waals surface area contributed by atoms with Gasteiger partial charge in [-0.3, -0.25) is 0 Å². The Labute approximate surface area is 144 Å². The van der Waals surface area contributed by atoms with E-state index in [-0.39, 0.29) is 5.75 Å². The molecule has 0 radical (unpaired) electrons. The standard InChI is InChI=1S/C16H20IN3O2/c1-10(2)6-12-15(17)16(20-9-19-12)18-8-11-4-5-13(21)14(7-11)22-3/h4-5,7,9-10,21H,6,8H2,1-3H3,(H,18,19,20). The number of hydrogen-bond donors (Lipinski definition) is 2. The van der Waals surface area contributed by atoms with Gasteiger partial charge in [-0.2, -0.15) is 0 Å². The third-order valence-corrected chi connectivity index (χ3v) is 4.30. The van der Waals surface area contributed by atoms with E-state index in [0.29, 0.717) is 18.2 Å². The Morgan fingerprint density at radius 3 is 2.77 bits per heavy atom. The fraction of sp³-hybridized carbons (Fsp3) is 0.375. The van der Waals surface area contributed by atoms with Crippen molar-refractivity contribution in [3.8, 4) is 11.5 Å². The Hall–Kier alpha value is -1.57. The van der Waals surface area contributed by atoms with E-state index >= 15 is 0 Å². The number of nitrogens with one attached hydrogen (secondary N) is 1. The molecule has 2 rings (SSSR count). The average Bonchev–Trinajstić information content (AvgIpc) is 2.49. The van der Waals surface area contributed by atoms with Gasteiger partial charge in [0.15, 0.2) is 11.5 Å². The lowest BCUT2D eigenvalue weighted by Gasteiger charge is -2.12. The van der Waals surface area contributed by atoms with Crippen molar-refractivity contribution in [3.63, 3.8) is 0 Å². The molecule has 22 heavy (non-hydrogen) atoms. The predicted molar refractivity (Wildman–Crippen MR) is 95.3 cm³/mol. The Bertz CT molecular complexity index is 647. The van der Waals surface area contributed by atoms with Gasteiger partial charge in [-0.1, -0.05) is 19.9 Å². The second-order valence-corrected chi connectivity index (χ2v) is 6.52. The number of halogens is 1. The number of rotatable bonds is 6. The van der Waals surface area contributed by atoms with Crippen LogP contribution >= 0.6 is 22.6 Å². The van der Waals surface area contributed by atoms with Crippen molar-refractivity contribution < 1.29 is 9.84 Å². The van der Waals surface area contributed by atoms with Crippen LogP contribution in [0.2, 0.25) is 0 Å². The molecule has 0 spiro atoms. The minimum absolute atomic E-state index is 0.141. The van der Waals surface area contributed by atoms with E-state index in [1.165, 1.54) is 7.11 Å². The molecule has 6 heteroatoms. The topological polar surface area (TPSA) is 67.3 Å². The summed E-state index contributed by atoms with van der Waals surface area (Å²) in [6.45, 7) is 4.95. The summed E-state index contributed by atoms with van der Waals surface area (Å²) in [5.41, 5.74) is 2.07. The summed E-state index contributed by atoms with van der Waals surface area (Å²) in [4.78, 5) is 8.67. The summed E-state index contributed by atoms with van der Waals surface area (Å²) in [6, 6.07) is 5.30. The Balaban J connectivity index is 2.11. The van der Waals surface area contributed by atoms with Gasteiger partial charge in [-0.25, -0.2) is 9.97 Å². The molecule has 118 valence electrons. The molecule has 1 aromatic carbocycles. The minimum atomic E-state index is 0.141. The van der Waals surface area contributed by atoms with Crippen molar-refractivity contribution in [3.05, 3.63) is 39.4 Å². The van der Waals surface area contributed by atoms with E-state index in [1.54, 1.807) is 12.4 Å². The van der Waals surface area contributed by atoms with E-state index in [0.717, 1.165) is 27.1 Å². The molecule has 0 aliphatic carbocycles. The monoisotopic (exact) mass is 413 g/mol. The summed E-state index contributed by atoms with van der Waals surface area (Å²) >= 11 is 2.28. The summed E-state index contributed by atoms with van der Waals surface area (Å²) in [5.74, 6) is 2.00. The summed E-state index contributed by atoms with van der Waals surface area (Å²) in [5, 5.41) is 12.9. The first-order valence-electron chi connectivity index (χ1n) is 7.10. The van der Waals surface area contributed by atoms with Gasteiger partial charge in [0.1, 0.15) is 12.1 Å². The van der Waals surface area contributed by atoms with Gasteiger partial charge in [-0.15, -0.1) is 0 Å². The van der Waals surface area contributed by atoms with Crippen LogP contribution in [0.5, 0.6) is 11.5 Å². The van der Waals surface area contributed by atoms with Crippen molar-refractivity contribution in [2.45, 2.75) is 26.8 Å². The van der Waals surface area contributed by atoms with Gasteiger partial charge in [0.05, 0.1) is 16.4 Å². The van der Waals surface area contributed by atoms with Gasteiger partial charge in [-0.05, 0) is 52.6 Å². The first-order chi connectivity index (χ1) is 10.5. The highest BCUT2D eigenvalue weighted by atomic mass is 127. The largest absolute Gasteiger partial charge is 0.504 e. The summed E-state index contributed by atoms with van der Waals surface area (Å²) in [6.07, 6.45) is 2.53. The van der Waals surface area contributed by atoms with Crippen LogP contribution in [0.15, 0.2) is 24.5 Å². The smallest absolute Gasteiger partial charge is 0.160 e. The third-order valence-electron chi connectivity index (χ3n) is 3.17. The van der Waals surface area contributed by atoms with Gasteiger partial charge >= 0.3 is 0 Å². The molecular formula is C16H20IN3O2. The fourth-order valence-electron chi connectivity index (χ4n) is 2.08. The Kier molecular flexibility index (Phi) is 5.82. The van der Waals surface area contributed by atoms with Gasteiger partial charge in [0, 0.05) is 6.54 Å². The molecule has 0 bridgehead atoms. The SMILES string of the molecule is COc1cc(CNc2ncnc(CC(C)C)c2I)ccc1O. The number of methoxy groups -OCH3 is 1. The van der Waals surface area contributed by atoms with Crippen molar-refractivity contribution in [1.82, 2.24) is 9.97 Å². The van der Waals surface area contributed by atoms with E-state index in [9.17, 15) is 5.11 Å². The van der Waals surface area contributed by atoms with E-state index in [1.807, 2.05) is 12.1 Å². The number of benzene rings is 1. The summed E-state index contributed by atoms with van der Waals surface area (Å²) in [7, 11) is 1.54. The van der Waals surface area contributed by atoms with Crippen LogP contribution < -0.4 is 10.1 Å². The highest BCUT2D eigenvalue weighted by Gasteiger charge is 2.10. The van der Waals surface area contributed by atoms with Crippen LogP contribution in [0.1, 0.15) is 25.1 Å². The van der Waals surface area contributed by atoms with Crippen molar-refractivity contribution in [1.29, 1.82) is 0 Å². The maximum atomic E-state index is 9.62. The van der Waals surface area contributed by atoms with Gasteiger partial charge in [0.2, 0.25) is 0 Å². The van der Waals surface area contributed by atoms with Crippen LogP contribution in [0.3, 0.4) is 0 Å². The number of aromatic hydroxyl groups is 1. The Morgan fingerprint density at radius 2 is 2.09 bits per heavy atom. The minimum Gasteiger partial charge on any atom is -0.504 e. The lowest BCUT2D eigenvalue weighted by Crippen LogP contribution is -2.08. The van der Waals surface area contributed by atoms with Gasteiger partial charge in [0.25, 0.3) is 0 Å². The molecule has 0 fully saturated rings. The van der Waals surface area contributed by atoms with Crippen LogP contribution in [-0.4, -0.2) is 22.2 Å². The zero-order chi connectivity index (χ0) is 16.1. The zero-order valence-corrected chi connectivity index (χ0v) is 15.1. The maximum Gasteiger partial charge on any atom is 0.160 e. The molecule has 1 heterocycles. The molecule has 2 N–H and O–H groups in total. The second-order valence-electron chi connectivity index (χ2n) is 5.44. The number of anilines is 1. The molecular weight excluding hydrogens is 393 g/mol. The molecule has 0 amide bonds. The molecule has 2 aromatic rings. The maximum absolute atomic E-state index is 9.62. The first kappa shape index (κ1) is 16.8. The normalized spacial score (nSPS) is 10.8. The number of phenolic OH excluding ortho intramolecular Hbond substituents is 1. The molecule has 0 aliphatic heterocycles. The molecule has 1 aromatic heterocycles. The van der Waals surface area contributed by atoms with Crippen LogP contribution in [-0.2, 0) is 13.0 Å². The summed E-state index contributed by atoms with van der Waals surface area (Å²) < 4.78 is 6.17. The van der Waals surface area contributed by atoms with E-state index < -0.39 is 0 Å². The molecule has 5 nitrogen and oxygen atoms in total. The van der Waals surface area contributed by atoms with E-state index in [4.69, 9.17) is 4.74 Å². The lowest BCUT2D eigenvalue weighted by atomic mass is 10.1. The van der Waals surface area contributed by atoms with Crippen LogP contribution in [0, 0.1) is 9.49 Å².